The third-order valence-electron chi connectivity index (χ3n) is 2.28. The standard InChI is InChI=1S/C14H10O2.C2H3N/c15-13(11-7-3-1-4-8-11)14(16)12-9-5-2-6-10-12;1-2-3/h1-10H;1H3. The number of hydrogen-bond acceptors (Lipinski definition) is 3. The maximum Gasteiger partial charge on any atom is 0.233 e. The minimum absolute atomic E-state index is 0.427. The molecule has 0 aliphatic heterocycles. The third kappa shape index (κ3) is 4.21. The molecule has 0 spiro atoms. The van der Waals surface area contributed by atoms with Crippen molar-refractivity contribution >= 4 is 11.6 Å². The Hall–Kier alpha value is -2.73. The molecule has 94 valence electrons. The quantitative estimate of drug-likeness (QED) is 0.621. The van der Waals surface area contributed by atoms with Crippen LogP contribution in [0.2, 0.25) is 0 Å². The van der Waals surface area contributed by atoms with Crippen LogP contribution in [0.5, 0.6) is 0 Å². The molecule has 3 nitrogen and oxygen atoms in total. The van der Waals surface area contributed by atoms with Crippen LogP contribution in [0, 0.1) is 11.3 Å². The fourth-order valence-corrected chi connectivity index (χ4v) is 1.44. The molecule has 0 bridgehead atoms. The zero-order valence-corrected chi connectivity index (χ0v) is 10.5. The van der Waals surface area contributed by atoms with E-state index in [-0.39, 0.29) is 0 Å². The van der Waals surface area contributed by atoms with Gasteiger partial charge in [0, 0.05) is 18.1 Å². The van der Waals surface area contributed by atoms with Crippen molar-refractivity contribution in [2.24, 2.45) is 0 Å². The SMILES string of the molecule is CC#N.O=C(C(=O)c1ccccc1)c1ccccc1. The Morgan fingerprint density at radius 1 is 0.789 bits per heavy atom. The second kappa shape index (κ2) is 7.57. The number of ketones is 2. The summed E-state index contributed by atoms with van der Waals surface area (Å²) in [4.78, 5) is 23.6. The van der Waals surface area contributed by atoms with Crippen LogP contribution in [-0.4, -0.2) is 11.6 Å². The first-order valence-corrected chi connectivity index (χ1v) is 5.70. The molecule has 2 aromatic rings. The van der Waals surface area contributed by atoms with Crippen molar-refractivity contribution in [2.45, 2.75) is 6.92 Å². The molecule has 0 amide bonds. The molecule has 0 N–H and O–H groups in total. The van der Waals surface area contributed by atoms with Crippen LogP contribution < -0.4 is 0 Å². The lowest BCUT2D eigenvalue weighted by molar-refractivity contribution is 0.0817. The first kappa shape index (κ1) is 14.3. The van der Waals surface area contributed by atoms with E-state index in [9.17, 15) is 9.59 Å². The minimum Gasteiger partial charge on any atom is -0.285 e. The Morgan fingerprint density at radius 2 is 1.05 bits per heavy atom. The van der Waals surface area contributed by atoms with Crippen LogP contribution in [0.1, 0.15) is 27.6 Å². The molecule has 2 rings (SSSR count). The van der Waals surface area contributed by atoms with E-state index in [1.165, 1.54) is 6.92 Å². The first-order valence-electron chi connectivity index (χ1n) is 5.70. The highest BCUT2D eigenvalue weighted by molar-refractivity contribution is 6.49. The number of carbonyl (C=O) groups is 2. The van der Waals surface area contributed by atoms with Crippen LogP contribution in [0.15, 0.2) is 60.7 Å². The summed E-state index contributed by atoms with van der Waals surface area (Å²) in [5, 5.41) is 7.32. The Bertz CT molecular complexity index is 534. The van der Waals surface area contributed by atoms with Gasteiger partial charge in [-0.2, -0.15) is 5.26 Å². The number of nitriles is 1. The topological polar surface area (TPSA) is 57.9 Å². The Morgan fingerprint density at radius 3 is 1.32 bits per heavy atom. The predicted octanol–water partition coefficient (Wildman–Crippen LogP) is 3.28. The van der Waals surface area contributed by atoms with Gasteiger partial charge in [0.2, 0.25) is 11.6 Å². The van der Waals surface area contributed by atoms with E-state index in [1.54, 1.807) is 54.6 Å². The number of hydrogen-bond donors (Lipinski definition) is 0. The summed E-state index contributed by atoms with van der Waals surface area (Å²) in [6.45, 7) is 1.43. The molecule has 0 saturated carbocycles. The van der Waals surface area contributed by atoms with E-state index in [2.05, 4.69) is 0 Å². The van der Waals surface area contributed by atoms with E-state index in [4.69, 9.17) is 5.26 Å². The lowest BCUT2D eigenvalue weighted by Gasteiger charge is -1.99. The summed E-state index contributed by atoms with van der Waals surface area (Å²) in [6, 6.07) is 18.9. The molecule has 2 aromatic carbocycles. The van der Waals surface area contributed by atoms with E-state index >= 15 is 0 Å². The van der Waals surface area contributed by atoms with E-state index in [0.29, 0.717) is 11.1 Å². The van der Waals surface area contributed by atoms with Crippen LogP contribution in [-0.2, 0) is 0 Å². The molecule has 0 aliphatic rings. The molecule has 19 heavy (non-hydrogen) atoms. The van der Waals surface area contributed by atoms with Gasteiger partial charge in [0.25, 0.3) is 0 Å². The Balaban J connectivity index is 0.000000550. The molecule has 0 aliphatic carbocycles. The maximum atomic E-state index is 11.8. The van der Waals surface area contributed by atoms with Crippen LogP contribution in [0.3, 0.4) is 0 Å². The fourth-order valence-electron chi connectivity index (χ4n) is 1.44. The summed E-state index contributed by atoms with van der Waals surface area (Å²) in [5.41, 5.74) is 0.854. The van der Waals surface area contributed by atoms with Crippen molar-refractivity contribution < 1.29 is 9.59 Å². The minimum atomic E-state index is -0.466. The molecular formula is C16H13NO2. The zero-order valence-electron chi connectivity index (χ0n) is 10.5. The molecule has 0 saturated heterocycles. The van der Waals surface area contributed by atoms with Crippen LogP contribution >= 0.6 is 0 Å². The van der Waals surface area contributed by atoms with E-state index in [0.717, 1.165) is 0 Å². The largest absolute Gasteiger partial charge is 0.285 e. The van der Waals surface area contributed by atoms with Gasteiger partial charge in [-0.1, -0.05) is 60.7 Å². The van der Waals surface area contributed by atoms with Gasteiger partial charge in [-0.25, -0.2) is 0 Å². The summed E-state index contributed by atoms with van der Waals surface area (Å²) < 4.78 is 0. The van der Waals surface area contributed by atoms with Crippen molar-refractivity contribution in [3.8, 4) is 6.07 Å². The monoisotopic (exact) mass is 251 g/mol. The van der Waals surface area contributed by atoms with Gasteiger partial charge in [-0.3, -0.25) is 9.59 Å². The summed E-state index contributed by atoms with van der Waals surface area (Å²) in [7, 11) is 0. The zero-order chi connectivity index (χ0) is 14.1. The molecule has 0 fully saturated rings. The van der Waals surface area contributed by atoms with Crippen molar-refractivity contribution in [2.75, 3.05) is 0 Å². The second-order valence-electron chi connectivity index (χ2n) is 3.61. The molecule has 0 atom stereocenters. The third-order valence-corrected chi connectivity index (χ3v) is 2.28. The Kier molecular flexibility index (Phi) is 5.71. The summed E-state index contributed by atoms with van der Waals surface area (Å²) >= 11 is 0. The smallest absolute Gasteiger partial charge is 0.233 e. The van der Waals surface area contributed by atoms with Gasteiger partial charge in [0.05, 0.1) is 6.07 Å². The molecule has 0 aromatic heterocycles. The molecule has 0 radical (unpaired) electrons. The van der Waals surface area contributed by atoms with Crippen LogP contribution in [0.25, 0.3) is 0 Å². The summed E-state index contributed by atoms with van der Waals surface area (Å²) in [6.07, 6.45) is 0. The van der Waals surface area contributed by atoms with Gasteiger partial charge in [-0.05, 0) is 0 Å². The average Bonchev–Trinajstić information content (AvgIpc) is 2.48. The molecule has 0 unspecified atom stereocenters. The maximum absolute atomic E-state index is 11.8. The number of rotatable bonds is 3. The lowest BCUT2D eigenvalue weighted by Crippen LogP contribution is -2.14. The van der Waals surface area contributed by atoms with Gasteiger partial charge in [0.1, 0.15) is 0 Å². The summed E-state index contributed by atoms with van der Waals surface area (Å²) in [5.74, 6) is -0.932. The second-order valence-corrected chi connectivity index (χ2v) is 3.61. The predicted molar refractivity (Wildman–Crippen MR) is 72.8 cm³/mol. The van der Waals surface area contributed by atoms with Crippen molar-refractivity contribution in [3.05, 3.63) is 71.8 Å². The lowest BCUT2D eigenvalue weighted by atomic mass is 10.0. The molecule has 3 heteroatoms. The number of Topliss-reactive ketones (excluding diaryl/α,β-unsaturated/α-hetero) is 2. The van der Waals surface area contributed by atoms with Crippen molar-refractivity contribution in [1.82, 2.24) is 0 Å². The average molecular weight is 251 g/mol. The normalized spacial score (nSPS) is 8.63. The first-order chi connectivity index (χ1) is 9.20. The van der Waals surface area contributed by atoms with Crippen molar-refractivity contribution in [3.63, 3.8) is 0 Å². The molecule has 0 heterocycles. The highest BCUT2D eigenvalue weighted by Gasteiger charge is 2.16. The number of nitrogens with zero attached hydrogens (tertiary/aromatic N) is 1. The van der Waals surface area contributed by atoms with E-state index in [1.807, 2.05) is 12.1 Å². The van der Waals surface area contributed by atoms with E-state index < -0.39 is 11.6 Å². The Labute approximate surface area is 112 Å². The fraction of sp³-hybridized carbons (Fsp3) is 0.0625. The number of benzene rings is 2. The number of carbonyl (C=O) groups excluding carboxylic acids is 2. The van der Waals surface area contributed by atoms with Gasteiger partial charge >= 0.3 is 0 Å². The van der Waals surface area contributed by atoms with Crippen molar-refractivity contribution in [1.29, 1.82) is 5.26 Å². The van der Waals surface area contributed by atoms with Gasteiger partial charge in [0.15, 0.2) is 0 Å². The highest BCUT2D eigenvalue weighted by Crippen LogP contribution is 2.07. The van der Waals surface area contributed by atoms with Crippen LogP contribution in [0.4, 0.5) is 0 Å². The van der Waals surface area contributed by atoms with Gasteiger partial charge < -0.3 is 0 Å². The molecular weight excluding hydrogens is 238 g/mol. The highest BCUT2D eigenvalue weighted by atomic mass is 16.2. The van der Waals surface area contributed by atoms with Gasteiger partial charge in [-0.15, -0.1) is 0 Å².